The van der Waals surface area contributed by atoms with Gasteiger partial charge in [-0.1, -0.05) is 18.2 Å². The average Bonchev–Trinajstić information content (AvgIpc) is 2.46. The lowest BCUT2D eigenvalue weighted by Gasteiger charge is -2.04. The first kappa shape index (κ1) is 11.2. The van der Waals surface area contributed by atoms with E-state index in [1.807, 2.05) is 36.4 Å². The lowest BCUT2D eigenvalue weighted by atomic mass is 10.1. The molecule has 0 saturated heterocycles. The molecule has 0 bridgehead atoms. The quantitative estimate of drug-likeness (QED) is 0.716. The van der Waals surface area contributed by atoms with E-state index in [2.05, 4.69) is 9.97 Å². The monoisotopic (exact) mass is 246 g/mol. The summed E-state index contributed by atoms with van der Waals surface area (Å²) in [5.74, 6) is 0.244. The number of para-hydroxylation sites is 1. The van der Waals surface area contributed by atoms with Crippen LogP contribution in [0.2, 0.25) is 0 Å². The third-order valence-corrected chi connectivity index (χ3v) is 2.93. The molecule has 3 aromatic rings. The van der Waals surface area contributed by atoms with Gasteiger partial charge in [0.15, 0.2) is 0 Å². The van der Waals surface area contributed by atoms with Gasteiger partial charge in [0.1, 0.15) is 11.9 Å². The first-order valence-corrected chi connectivity index (χ1v) is 5.80. The summed E-state index contributed by atoms with van der Waals surface area (Å²) in [6.07, 6.45) is 1.76. The summed E-state index contributed by atoms with van der Waals surface area (Å²) in [6, 6.07) is 15.3. The maximum absolute atomic E-state index is 8.84. The van der Waals surface area contributed by atoms with Crippen LogP contribution in [0.5, 0.6) is 0 Å². The van der Waals surface area contributed by atoms with E-state index in [1.165, 1.54) is 0 Å². The number of hydrogen-bond donors (Lipinski definition) is 1. The fourth-order valence-electron chi connectivity index (χ4n) is 1.94. The van der Waals surface area contributed by atoms with E-state index in [1.54, 1.807) is 18.3 Å². The van der Waals surface area contributed by atoms with E-state index in [9.17, 15) is 0 Å². The highest BCUT2D eigenvalue weighted by Gasteiger charge is 2.05. The van der Waals surface area contributed by atoms with E-state index in [-0.39, 0.29) is 5.82 Å². The smallest absolute Gasteiger partial charge is 0.142 e. The minimum absolute atomic E-state index is 0.244. The number of rotatable bonds is 1. The van der Waals surface area contributed by atoms with Crippen LogP contribution in [-0.2, 0) is 0 Å². The highest BCUT2D eigenvalue weighted by Crippen LogP contribution is 2.22. The molecular weight excluding hydrogens is 236 g/mol. The van der Waals surface area contributed by atoms with Gasteiger partial charge in [0.05, 0.1) is 16.8 Å². The normalized spacial score (nSPS) is 10.3. The zero-order chi connectivity index (χ0) is 13.2. The van der Waals surface area contributed by atoms with Gasteiger partial charge in [-0.05, 0) is 24.3 Å². The molecule has 19 heavy (non-hydrogen) atoms. The van der Waals surface area contributed by atoms with Crippen LogP contribution < -0.4 is 5.73 Å². The summed E-state index contributed by atoms with van der Waals surface area (Å²) >= 11 is 0. The molecule has 0 fully saturated rings. The standard InChI is InChI=1S/C15H10N4/c16-8-11-5-6-14(19-15(11)17)12-7-10-3-1-2-4-13(10)18-9-12/h1-7,9H,(H2,17,19). The lowest BCUT2D eigenvalue weighted by molar-refractivity contribution is 1.29. The SMILES string of the molecule is N#Cc1ccc(-c2cnc3ccccc3c2)nc1N. The fourth-order valence-corrected chi connectivity index (χ4v) is 1.94. The van der Waals surface area contributed by atoms with Crippen molar-refractivity contribution in [3.63, 3.8) is 0 Å². The third-order valence-electron chi connectivity index (χ3n) is 2.93. The molecule has 2 heterocycles. The highest BCUT2D eigenvalue weighted by molar-refractivity contribution is 5.83. The van der Waals surface area contributed by atoms with Gasteiger partial charge in [-0.25, -0.2) is 4.98 Å². The van der Waals surface area contributed by atoms with Gasteiger partial charge in [0.2, 0.25) is 0 Å². The molecule has 0 aliphatic carbocycles. The Kier molecular flexibility index (Phi) is 2.58. The van der Waals surface area contributed by atoms with Gasteiger partial charge in [0.25, 0.3) is 0 Å². The second kappa shape index (κ2) is 4.39. The summed E-state index contributed by atoms with van der Waals surface area (Å²) in [5, 5.41) is 9.88. The molecule has 3 rings (SSSR count). The molecule has 4 nitrogen and oxygen atoms in total. The predicted molar refractivity (Wildman–Crippen MR) is 74.1 cm³/mol. The number of fused-ring (bicyclic) bond motifs is 1. The van der Waals surface area contributed by atoms with Gasteiger partial charge in [-0.2, -0.15) is 5.26 Å². The Bertz CT molecular complexity index is 803. The van der Waals surface area contributed by atoms with E-state index >= 15 is 0 Å². The van der Waals surface area contributed by atoms with Crippen molar-refractivity contribution in [1.29, 1.82) is 5.26 Å². The molecule has 2 N–H and O–H groups in total. The Morgan fingerprint density at radius 1 is 1.11 bits per heavy atom. The van der Waals surface area contributed by atoms with Crippen LogP contribution in [0.4, 0.5) is 5.82 Å². The number of nitrogens with zero attached hydrogens (tertiary/aromatic N) is 3. The minimum atomic E-state index is 0.244. The second-order valence-electron chi connectivity index (χ2n) is 4.16. The summed E-state index contributed by atoms with van der Waals surface area (Å²) in [5.41, 5.74) is 8.65. The van der Waals surface area contributed by atoms with Gasteiger partial charge in [-0.15, -0.1) is 0 Å². The Labute approximate surface area is 110 Å². The van der Waals surface area contributed by atoms with Crippen molar-refractivity contribution in [2.24, 2.45) is 0 Å². The van der Waals surface area contributed by atoms with Crippen LogP contribution in [0.25, 0.3) is 22.2 Å². The maximum Gasteiger partial charge on any atom is 0.142 e. The molecular formula is C15H10N4. The maximum atomic E-state index is 8.84. The van der Waals surface area contributed by atoms with Gasteiger partial charge in [0, 0.05) is 17.1 Å². The number of nitriles is 1. The lowest BCUT2D eigenvalue weighted by Crippen LogP contribution is -1.96. The number of benzene rings is 1. The number of nitrogens with two attached hydrogens (primary N) is 1. The van der Waals surface area contributed by atoms with E-state index in [0.29, 0.717) is 5.56 Å². The van der Waals surface area contributed by atoms with Gasteiger partial charge in [-0.3, -0.25) is 4.98 Å². The number of nitrogen functional groups attached to an aromatic ring is 1. The zero-order valence-corrected chi connectivity index (χ0v) is 10.0. The molecule has 1 aromatic carbocycles. The first-order chi connectivity index (χ1) is 9.28. The molecule has 0 atom stereocenters. The molecule has 0 aliphatic heterocycles. The van der Waals surface area contributed by atoms with Crippen molar-refractivity contribution in [1.82, 2.24) is 9.97 Å². The Balaban J connectivity index is 2.14. The first-order valence-electron chi connectivity index (χ1n) is 5.80. The molecule has 4 heteroatoms. The van der Waals surface area contributed by atoms with Crippen LogP contribution >= 0.6 is 0 Å². The van der Waals surface area contributed by atoms with E-state index in [0.717, 1.165) is 22.2 Å². The second-order valence-corrected chi connectivity index (χ2v) is 4.16. The van der Waals surface area contributed by atoms with E-state index < -0.39 is 0 Å². The summed E-state index contributed by atoms with van der Waals surface area (Å²) in [4.78, 5) is 8.62. The average molecular weight is 246 g/mol. The number of pyridine rings is 2. The van der Waals surface area contributed by atoms with Crippen molar-refractivity contribution in [3.05, 3.63) is 54.2 Å². The van der Waals surface area contributed by atoms with Gasteiger partial charge < -0.3 is 5.73 Å². The van der Waals surface area contributed by atoms with Crippen molar-refractivity contribution >= 4 is 16.7 Å². The van der Waals surface area contributed by atoms with Crippen LogP contribution in [-0.4, -0.2) is 9.97 Å². The molecule has 0 radical (unpaired) electrons. The van der Waals surface area contributed by atoms with Crippen LogP contribution in [0, 0.1) is 11.3 Å². The van der Waals surface area contributed by atoms with E-state index in [4.69, 9.17) is 11.0 Å². The molecule has 0 spiro atoms. The summed E-state index contributed by atoms with van der Waals surface area (Å²) < 4.78 is 0. The van der Waals surface area contributed by atoms with Crippen LogP contribution in [0.15, 0.2) is 48.7 Å². The zero-order valence-electron chi connectivity index (χ0n) is 10.0. The minimum Gasteiger partial charge on any atom is -0.383 e. The molecule has 0 unspecified atom stereocenters. The van der Waals surface area contributed by atoms with Crippen molar-refractivity contribution < 1.29 is 0 Å². The Morgan fingerprint density at radius 2 is 1.95 bits per heavy atom. The number of aromatic nitrogens is 2. The third kappa shape index (κ3) is 1.98. The molecule has 90 valence electrons. The van der Waals surface area contributed by atoms with Crippen molar-refractivity contribution in [3.8, 4) is 17.3 Å². The van der Waals surface area contributed by atoms with Crippen molar-refractivity contribution in [2.45, 2.75) is 0 Å². The Morgan fingerprint density at radius 3 is 2.74 bits per heavy atom. The fraction of sp³-hybridized carbons (Fsp3) is 0. The van der Waals surface area contributed by atoms with Crippen molar-refractivity contribution in [2.75, 3.05) is 5.73 Å². The van der Waals surface area contributed by atoms with Crippen LogP contribution in [0.3, 0.4) is 0 Å². The topological polar surface area (TPSA) is 75.6 Å². The Hall–Kier alpha value is -2.93. The largest absolute Gasteiger partial charge is 0.383 e. The molecule has 0 amide bonds. The molecule has 0 aliphatic rings. The molecule has 2 aromatic heterocycles. The summed E-state index contributed by atoms with van der Waals surface area (Å²) in [7, 11) is 0. The number of anilines is 1. The summed E-state index contributed by atoms with van der Waals surface area (Å²) in [6.45, 7) is 0. The highest BCUT2D eigenvalue weighted by atomic mass is 14.8. The predicted octanol–water partition coefficient (Wildman–Crippen LogP) is 2.75. The van der Waals surface area contributed by atoms with Crippen LogP contribution in [0.1, 0.15) is 5.56 Å². The number of hydrogen-bond acceptors (Lipinski definition) is 4. The van der Waals surface area contributed by atoms with Gasteiger partial charge >= 0.3 is 0 Å². The molecule has 0 saturated carbocycles.